The fourth-order valence-corrected chi connectivity index (χ4v) is 3.27. The highest BCUT2D eigenvalue weighted by Crippen LogP contribution is 2.16. The number of amides is 1. The molecule has 2 aromatic heterocycles. The van der Waals surface area contributed by atoms with Crippen LogP contribution in [0.2, 0.25) is 0 Å². The van der Waals surface area contributed by atoms with Crippen LogP contribution in [-0.4, -0.2) is 20.7 Å². The smallest absolute Gasteiger partial charge is 0.274 e. The summed E-state index contributed by atoms with van der Waals surface area (Å²) in [5.41, 5.74) is 1.89. The number of nitrogens with zero attached hydrogens (tertiary/aromatic N) is 3. The molecule has 2 aromatic carbocycles. The van der Waals surface area contributed by atoms with Crippen LogP contribution in [0.25, 0.3) is 10.8 Å². The number of rotatable bonds is 5. The van der Waals surface area contributed by atoms with Crippen LogP contribution in [0.5, 0.6) is 0 Å². The quantitative estimate of drug-likeness (QED) is 0.573. The molecule has 1 amide bonds. The van der Waals surface area contributed by atoms with E-state index < -0.39 is 0 Å². The molecule has 0 spiro atoms. The van der Waals surface area contributed by atoms with Gasteiger partial charge < -0.3 is 5.32 Å². The maximum Gasteiger partial charge on any atom is 0.274 e. The van der Waals surface area contributed by atoms with Crippen molar-refractivity contribution >= 4 is 16.7 Å². The Morgan fingerprint density at radius 2 is 1.62 bits per heavy atom. The van der Waals surface area contributed by atoms with E-state index in [4.69, 9.17) is 0 Å². The Morgan fingerprint density at radius 3 is 2.34 bits per heavy atom. The third kappa shape index (κ3) is 3.91. The minimum Gasteiger partial charge on any atom is -0.344 e. The predicted octanol–water partition coefficient (Wildman–Crippen LogP) is 3.33. The molecule has 0 bridgehead atoms. The Morgan fingerprint density at radius 1 is 0.966 bits per heavy atom. The molecule has 0 fully saturated rings. The number of aromatic nitrogens is 3. The van der Waals surface area contributed by atoms with E-state index in [1.54, 1.807) is 36.7 Å². The van der Waals surface area contributed by atoms with Crippen molar-refractivity contribution < 1.29 is 4.79 Å². The summed E-state index contributed by atoms with van der Waals surface area (Å²) in [6, 6.07) is 20.1. The minimum absolute atomic E-state index is 0.219. The third-order valence-electron chi connectivity index (χ3n) is 4.81. The fraction of sp³-hybridized carbons (Fsp3) is 0.130. The molecule has 1 unspecified atom stereocenters. The number of carbonyl (C=O) groups excluding carboxylic acids is 1. The molecule has 1 atom stereocenters. The van der Waals surface area contributed by atoms with Gasteiger partial charge in [-0.2, -0.15) is 5.10 Å². The predicted molar refractivity (Wildman–Crippen MR) is 112 cm³/mol. The number of benzene rings is 2. The molecule has 0 saturated heterocycles. The molecule has 4 aromatic rings. The molecule has 2 heterocycles. The topological polar surface area (TPSA) is 76.9 Å². The average molecular weight is 384 g/mol. The Kier molecular flexibility index (Phi) is 5.16. The number of carbonyl (C=O) groups is 1. The van der Waals surface area contributed by atoms with Gasteiger partial charge in [0.1, 0.15) is 0 Å². The summed E-state index contributed by atoms with van der Waals surface area (Å²) in [5, 5.41) is 8.41. The number of nitrogens with one attached hydrogen (secondary N) is 1. The first-order valence-electron chi connectivity index (χ1n) is 9.38. The largest absolute Gasteiger partial charge is 0.344 e. The Balaban J connectivity index is 1.74. The highest BCUT2D eigenvalue weighted by molar-refractivity contribution is 6.04. The molecule has 6 nitrogen and oxygen atoms in total. The van der Waals surface area contributed by atoms with Gasteiger partial charge in [-0.1, -0.05) is 48.5 Å². The lowest BCUT2D eigenvalue weighted by molar-refractivity contribution is 0.0934. The summed E-state index contributed by atoms with van der Waals surface area (Å²) in [4.78, 5) is 30.0. The van der Waals surface area contributed by atoms with E-state index >= 15 is 0 Å². The van der Waals surface area contributed by atoms with Crippen LogP contribution in [0.1, 0.15) is 34.6 Å². The van der Waals surface area contributed by atoms with Gasteiger partial charge in [0.15, 0.2) is 5.69 Å². The minimum atomic E-state index is -0.327. The van der Waals surface area contributed by atoms with E-state index in [0.29, 0.717) is 17.3 Å². The maximum absolute atomic E-state index is 13.1. The summed E-state index contributed by atoms with van der Waals surface area (Å²) in [7, 11) is 0. The van der Waals surface area contributed by atoms with Crippen LogP contribution in [0.3, 0.4) is 0 Å². The molecule has 29 heavy (non-hydrogen) atoms. The second-order valence-electron chi connectivity index (χ2n) is 6.82. The van der Waals surface area contributed by atoms with Gasteiger partial charge in [-0.3, -0.25) is 14.6 Å². The van der Waals surface area contributed by atoms with Crippen LogP contribution < -0.4 is 10.9 Å². The van der Waals surface area contributed by atoms with Gasteiger partial charge in [-0.15, -0.1) is 0 Å². The van der Waals surface area contributed by atoms with Crippen molar-refractivity contribution in [3.8, 4) is 0 Å². The lowest BCUT2D eigenvalue weighted by Gasteiger charge is -2.16. The van der Waals surface area contributed by atoms with Crippen molar-refractivity contribution in [2.24, 2.45) is 0 Å². The molecule has 0 aliphatic carbocycles. The summed E-state index contributed by atoms with van der Waals surface area (Å²) >= 11 is 0. The van der Waals surface area contributed by atoms with Gasteiger partial charge in [0, 0.05) is 17.8 Å². The molecular formula is C23H20N4O2. The van der Waals surface area contributed by atoms with Gasteiger partial charge in [-0.25, -0.2) is 4.68 Å². The molecule has 144 valence electrons. The molecular weight excluding hydrogens is 364 g/mol. The first kappa shape index (κ1) is 18.6. The van der Waals surface area contributed by atoms with Crippen molar-refractivity contribution in [3.05, 3.63) is 106 Å². The normalized spacial score (nSPS) is 11.9. The average Bonchev–Trinajstić information content (AvgIpc) is 2.77. The van der Waals surface area contributed by atoms with Gasteiger partial charge >= 0.3 is 0 Å². The van der Waals surface area contributed by atoms with Crippen LogP contribution in [0.15, 0.2) is 83.9 Å². The third-order valence-corrected chi connectivity index (χ3v) is 4.81. The molecule has 0 aliphatic rings. The van der Waals surface area contributed by atoms with Crippen LogP contribution >= 0.6 is 0 Å². The number of pyridine rings is 1. The van der Waals surface area contributed by atoms with Gasteiger partial charge in [-0.05, 0) is 36.2 Å². The molecule has 0 saturated carbocycles. The Bertz CT molecular complexity index is 1200. The molecule has 1 N–H and O–H groups in total. The lowest BCUT2D eigenvalue weighted by atomic mass is 10.1. The molecule has 4 rings (SSSR count). The fourth-order valence-electron chi connectivity index (χ4n) is 3.27. The number of fused-ring (bicyclic) bond motifs is 1. The molecule has 0 aliphatic heterocycles. The highest BCUT2D eigenvalue weighted by atomic mass is 16.2. The van der Waals surface area contributed by atoms with Crippen molar-refractivity contribution in [2.75, 3.05) is 0 Å². The second-order valence-corrected chi connectivity index (χ2v) is 6.82. The van der Waals surface area contributed by atoms with E-state index in [1.165, 1.54) is 4.68 Å². The van der Waals surface area contributed by atoms with Crippen LogP contribution in [0.4, 0.5) is 0 Å². The first-order chi connectivity index (χ1) is 14.1. The van der Waals surface area contributed by atoms with E-state index in [0.717, 1.165) is 11.1 Å². The summed E-state index contributed by atoms with van der Waals surface area (Å²) in [6.45, 7) is 2.19. The second kappa shape index (κ2) is 8.06. The van der Waals surface area contributed by atoms with Crippen molar-refractivity contribution in [3.63, 3.8) is 0 Å². The van der Waals surface area contributed by atoms with Gasteiger partial charge in [0.25, 0.3) is 11.5 Å². The zero-order valence-electron chi connectivity index (χ0n) is 15.9. The molecule has 0 radical (unpaired) electrons. The zero-order valence-corrected chi connectivity index (χ0v) is 15.9. The van der Waals surface area contributed by atoms with Crippen molar-refractivity contribution in [1.82, 2.24) is 20.1 Å². The summed E-state index contributed by atoms with van der Waals surface area (Å²) in [6.07, 6.45) is 3.37. The maximum atomic E-state index is 13.1. The van der Waals surface area contributed by atoms with Crippen molar-refractivity contribution in [2.45, 2.75) is 19.5 Å². The van der Waals surface area contributed by atoms with Crippen LogP contribution in [-0.2, 0) is 6.54 Å². The summed E-state index contributed by atoms with van der Waals surface area (Å²) < 4.78 is 1.35. The first-order valence-corrected chi connectivity index (χ1v) is 9.38. The standard InChI is InChI=1S/C23H20N4O2/c1-16(18-11-13-24-14-12-18)25-22(28)21-19-9-5-6-10-20(19)23(29)27(26-21)15-17-7-3-2-4-8-17/h2-14,16H,15H2,1H3,(H,25,28). The number of hydrogen-bond acceptors (Lipinski definition) is 4. The van der Waals surface area contributed by atoms with E-state index in [2.05, 4.69) is 15.4 Å². The monoisotopic (exact) mass is 384 g/mol. The Labute approximate surface area is 167 Å². The van der Waals surface area contributed by atoms with Crippen molar-refractivity contribution in [1.29, 1.82) is 0 Å². The highest BCUT2D eigenvalue weighted by Gasteiger charge is 2.19. The van der Waals surface area contributed by atoms with E-state index in [-0.39, 0.29) is 23.2 Å². The SMILES string of the molecule is CC(NC(=O)c1nn(Cc2ccccc2)c(=O)c2ccccc12)c1ccncc1. The lowest BCUT2D eigenvalue weighted by Crippen LogP contribution is -2.32. The van der Waals surface area contributed by atoms with E-state index in [9.17, 15) is 9.59 Å². The Hall–Kier alpha value is -3.80. The van der Waals surface area contributed by atoms with Crippen LogP contribution in [0, 0.1) is 0 Å². The summed E-state index contributed by atoms with van der Waals surface area (Å²) in [5.74, 6) is -0.327. The van der Waals surface area contributed by atoms with Gasteiger partial charge in [0.05, 0.1) is 18.0 Å². The zero-order chi connectivity index (χ0) is 20.2. The van der Waals surface area contributed by atoms with Gasteiger partial charge in [0.2, 0.25) is 0 Å². The van der Waals surface area contributed by atoms with E-state index in [1.807, 2.05) is 49.4 Å². The molecule has 6 heteroatoms. The number of hydrogen-bond donors (Lipinski definition) is 1.